The van der Waals surface area contributed by atoms with E-state index in [1.54, 1.807) is 19.9 Å². The molecule has 2 aromatic rings. The zero-order valence-corrected chi connectivity index (χ0v) is 11.8. The van der Waals surface area contributed by atoms with Crippen LogP contribution in [0.4, 0.5) is 8.78 Å². The van der Waals surface area contributed by atoms with Crippen molar-refractivity contribution in [1.29, 1.82) is 0 Å². The summed E-state index contributed by atoms with van der Waals surface area (Å²) in [6.07, 6.45) is -2.49. The molecule has 2 rings (SSSR count). The first-order valence-electron chi connectivity index (χ1n) is 6.50. The van der Waals surface area contributed by atoms with Crippen LogP contribution in [0.1, 0.15) is 17.4 Å². The molecule has 116 valence electrons. The Bertz CT molecular complexity index is 583. The zero-order valence-electron chi connectivity index (χ0n) is 11.8. The normalized spacial score (nSPS) is 11.8. The predicted octanol–water partition coefficient (Wildman–Crippen LogP) is 2.01. The average Bonchev–Trinajstić information content (AvgIpc) is 2.95. The van der Waals surface area contributed by atoms with Gasteiger partial charge in [-0.15, -0.1) is 10.2 Å². The van der Waals surface area contributed by atoms with E-state index in [1.807, 2.05) is 0 Å². The Hall–Kier alpha value is -1.80. The second-order valence-electron chi connectivity index (χ2n) is 4.68. The molecule has 0 bridgehead atoms. The summed E-state index contributed by atoms with van der Waals surface area (Å²) in [6.45, 7) is 3.09. The molecule has 8 heteroatoms. The van der Waals surface area contributed by atoms with Crippen molar-refractivity contribution in [3.63, 3.8) is 0 Å². The minimum Gasteiger partial charge on any atom is -0.466 e. The number of furan rings is 1. The number of hydrogen-bond donors (Lipinski definition) is 1. The van der Waals surface area contributed by atoms with Gasteiger partial charge in [-0.25, -0.2) is 8.78 Å². The largest absolute Gasteiger partial charge is 0.466 e. The molecule has 0 aliphatic heterocycles. The minimum atomic E-state index is -2.49. The second kappa shape index (κ2) is 6.77. The number of hydrogen-bond acceptors (Lipinski definition) is 6. The third-order valence-corrected chi connectivity index (χ3v) is 2.91. The Labute approximate surface area is 120 Å². The van der Waals surface area contributed by atoms with E-state index in [2.05, 4.69) is 10.2 Å². The molecule has 0 unspecified atom stereocenters. The summed E-state index contributed by atoms with van der Waals surface area (Å²) in [5.74, 6) is 1.89. The van der Waals surface area contributed by atoms with Gasteiger partial charge in [0.15, 0.2) is 0 Å². The van der Waals surface area contributed by atoms with Crippen LogP contribution in [0.3, 0.4) is 0 Å². The summed E-state index contributed by atoms with van der Waals surface area (Å²) in [4.78, 5) is 1.36. The molecular formula is C13H17F2N3O3. The average molecular weight is 301 g/mol. The number of aryl methyl sites for hydroxylation is 2. The first-order valence-corrected chi connectivity index (χ1v) is 6.50. The van der Waals surface area contributed by atoms with Crippen LogP contribution < -0.4 is 0 Å². The van der Waals surface area contributed by atoms with Gasteiger partial charge in [-0.05, 0) is 19.9 Å². The molecule has 0 atom stereocenters. The Morgan fingerprint density at radius 2 is 2.05 bits per heavy atom. The standard InChI is InChI=1S/C13H17F2N3O3/c1-8-5-10(9(2)20-8)13-17-16-12(21-13)7-18(3-4-19)6-11(14)15/h5,11,19H,3-4,6-7H2,1-2H3. The summed E-state index contributed by atoms with van der Waals surface area (Å²) in [7, 11) is 0. The third kappa shape index (κ3) is 4.08. The fraction of sp³-hybridized carbons (Fsp3) is 0.538. The van der Waals surface area contributed by atoms with Crippen molar-refractivity contribution in [1.82, 2.24) is 15.1 Å². The van der Waals surface area contributed by atoms with Gasteiger partial charge < -0.3 is 13.9 Å². The van der Waals surface area contributed by atoms with Crippen LogP contribution in [-0.2, 0) is 6.54 Å². The van der Waals surface area contributed by atoms with Gasteiger partial charge in [-0.2, -0.15) is 0 Å². The van der Waals surface area contributed by atoms with E-state index >= 15 is 0 Å². The van der Waals surface area contributed by atoms with E-state index in [1.165, 1.54) is 4.90 Å². The monoisotopic (exact) mass is 301 g/mol. The van der Waals surface area contributed by atoms with E-state index in [-0.39, 0.29) is 25.6 Å². The van der Waals surface area contributed by atoms with Gasteiger partial charge in [0.25, 0.3) is 12.3 Å². The smallest absolute Gasteiger partial charge is 0.251 e. The van der Waals surface area contributed by atoms with Gasteiger partial charge in [-0.3, -0.25) is 4.90 Å². The van der Waals surface area contributed by atoms with Crippen molar-refractivity contribution in [3.8, 4) is 11.5 Å². The zero-order chi connectivity index (χ0) is 15.4. The van der Waals surface area contributed by atoms with E-state index < -0.39 is 13.0 Å². The Kier molecular flexibility index (Phi) is 5.03. The fourth-order valence-corrected chi connectivity index (χ4v) is 2.03. The summed E-state index contributed by atoms with van der Waals surface area (Å²) in [5, 5.41) is 16.6. The lowest BCUT2D eigenvalue weighted by Gasteiger charge is -2.18. The number of alkyl halides is 2. The van der Waals surface area contributed by atoms with Gasteiger partial charge in [0, 0.05) is 6.54 Å². The van der Waals surface area contributed by atoms with E-state index in [9.17, 15) is 8.78 Å². The van der Waals surface area contributed by atoms with Gasteiger partial charge in [0.05, 0.1) is 25.3 Å². The van der Waals surface area contributed by atoms with Crippen LogP contribution >= 0.6 is 0 Å². The number of aliphatic hydroxyl groups is 1. The quantitative estimate of drug-likeness (QED) is 0.843. The number of aliphatic hydroxyl groups excluding tert-OH is 1. The Morgan fingerprint density at radius 1 is 1.29 bits per heavy atom. The number of nitrogens with zero attached hydrogens (tertiary/aromatic N) is 3. The topological polar surface area (TPSA) is 75.5 Å². The highest BCUT2D eigenvalue weighted by molar-refractivity contribution is 5.55. The SMILES string of the molecule is Cc1cc(-c2nnc(CN(CCO)CC(F)F)o2)c(C)o1. The van der Waals surface area contributed by atoms with Gasteiger partial charge in [0.1, 0.15) is 11.5 Å². The molecule has 2 heterocycles. The van der Waals surface area contributed by atoms with Crippen molar-refractivity contribution >= 4 is 0 Å². The highest BCUT2D eigenvalue weighted by atomic mass is 19.3. The molecule has 0 saturated carbocycles. The van der Waals surface area contributed by atoms with Crippen LogP contribution in [0, 0.1) is 13.8 Å². The molecule has 0 saturated heterocycles. The molecule has 1 N–H and O–H groups in total. The predicted molar refractivity (Wildman–Crippen MR) is 69.8 cm³/mol. The van der Waals surface area contributed by atoms with Crippen LogP contribution in [0.25, 0.3) is 11.5 Å². The molecule has 0 fully saturated rings. The maximum atomic E-state index is 12.4. The van der Waals surface area contributed by atoms with Crippen LogP contribution in [-0.4, -0.2) is 46.3 Å². The fourth-order valence-electron chi connectivity index (χ4n) is 2.03. The molecule has 0 aliphatic rings. The molecule has 2 aromatic heterocycles. The molecular weight excluding hydrogens is 284 g/mol. The lowest BCUT2D eigenvalue weighted by atomic mass is 10.2. The van der Waals surface area contributed by atoms with Crippen LogP contribution in [0.15, 0.2) is 14.9 Å². The first kappa shape index (κ1) is 15.6. The highest BCUT2D eigenvalue weighted by Crippen LogP contribution is 2.25. The third-order valence-electron chi connectivity index (χ3n) is 2.91. The summed E-state index contributed by atoms with van der Waals surface area (Å²) < 4.78 is 35.7. The van der Waals surface area contributed by atoms with Crippen molar-refractivity contribution in [2.45, 2.75) is 26.8 Å². The molecule has 0 aliphatic carbocycles. The number of rotatable bonds is 7. The summed E-state index contributed by atoms with van der Waals surface area (Å²) in [5.41, 5.74) is 0.689. The van der Waals surface area contributed by atoms with Gasteiger partial charge >= 0.3 is 0 Å². The summed E-state index contributed by atoms with van der Waals surface area (Å²) >= 11 is 0. The molecule has 0 aromatic carbocycles. The van der Waals surface area contributed by atoms with Crippen molar-refractivity contribution in [2.75, 3.05) is 19.7 Å². The molecule has 21 heavy (non-hydrogen) atoms. The highest BCUT2D eigenvalue weighted by Gasteiger charge is 2.18. The van der Waals surface area contributed by atoms with Crippen LogP contribution in [0.5, 0.6) is 0 Å². The van der Waals surface area contributed by atoms with E-state index in [4.69, 9.17) is 13.9 Å². The van der Waals surface area contributed by atoms with Crippen molar-refractivity contribution in [3.05, 3.63) is 23.5 Å². The molecule has 0 amide bonds. The maximum Gasteiger partial charge on any atom is 0.251 e. The second-order valence-corrected chi connectivity index (χ2v) is 4.68. The Morgan fingerprint density at radius 3 is 2.62 bits per heavy atom. The van der Waals surface area contributed by atoms with Crippen molar-refractivity contribution in [2.24, 2.45) is 0 Å². The lowest BCUT2D eigenvalue weighted by Crippen LogP contribution is -2.31. The number of aromatic nitrogens is 2. The molecule has 0 spiro atoms. The van der Waals surface area contributed by atoms with Crippen LogP contribution in [0.2, 0.25) is 0 Å². The van der Waals surface area contributed by atoms with Gasteiger partial charge in [-0.1, -0.05) is 0 Å². The van der Waals surface area contributed by atoms with E-state index in [0.29, 0.717) is 17.2 Å². The first-order chi connectivity index (χ1) is 9.99. The maximum absolute atomic E-state index is 12.4. The minimum absolute atomic E-state index is 0.0633. The lowest BCUT2D eigenvalue weighted by molar-refractivity contribution is 0.0704. The van der Waals surface area contributed by atoms with Crippen molar-refractivity contribution < 1.29 is 22.7 Å². The number of halogens is 2. The summed E-state index contributed by atoms with van der Waals surface area (Å²) in [6, 6.07) is 1.78. The van der Waals surface area contributed by atoms with Gasteiger partial charge in [0.2, 0.25) is 5.89 Å². The molecule has 6 nitrogen and oxygen atoms in total. The van der Waals surface area contributed by atoms with E-state index in [0.717, 1.165) is 5.76 Å². The Balaban J connectivity index is 2.10. The molecule has 0 radical (unpaired) electrons.